The highest BCUT2D eigenvalue weighted by molar-refractivity contribution is 6.36. The average Bonchev–Trinajstić information content (AvgIpc) is 2.42. The van der Waals surface area contributed by atoms with Gasteiger partial charge < -0.3 is 10.0 Å². The Morgan fingerprint density at radius 1 is 1.33 bits per heavy atom. The standard InChI is InChI=1S/C15H17Cl2NO3/c1-9-10(15(20)21)4-3-7-18(9)14(19)8-11-12(16)5-2-6-13(11)17/h2,5-6,9-10H,3-4,7-8H2,1H3,(H,20,21)/t9-,10-/m1/s1. The van der Waals surface area contributed by atoms with Crippen molar-refractivity contribution in [2.24, 2.45) is 5.92 Å². The van der Waals surface area contributed by atoms with Gasteiger partial charge in [0.25, 0.3) is 0 Å². The minimum Gasteiger partial charge on any atom is -0.481 e. The number of piperidine rings is 1. The molecule has 0 aromatic heterocycles. The van der Waals surface area contributed by atoms with Crippen molar-refractivity contribution < 1.29 is 14.7 Å². The first-order chi connectivity index (χ1) is 9.91. The number of nitrogens with zero attached hydrogens (tertiary/aromatic N) is 1. The molecule has 114 valence electrons. The second-order valence-corrected chi connectivity index (χ2v) is 6.11. The van der Waals surface area contributed by atoms with Gasteiger partial charge in [-0.15, -0.1) is 0 Å². The Morgan fingerprint density at radius 3 is 2.52 bits per heavy atom. The summed E-state index contributed by atoms with van der Waals surface area (Å²) in [5.74, 6) is -1.50. The fraction of sp³-hybridized carbons (Fsp3) is 0.467. The van der Waals surface area contributed by atoms with Gasteiger partial charge in [0.2, 0.25) is 5.91 Å². The smallest absolute Gasteiger partial charge is 0.308 e. The molecule has 4 nitrogen and oxygen atoms in total. The normalized spacial score (nSPS) is 22.1. The summed E-state index contributed by atoms with van der Waals surface area (Å²) in [5.41, 5.74) is 0.593. The number of benzene rings is 1. The summed E-state index contributed by atoms with van der Waals surface area (Å²) in [6.45, 7) is 2.36. The first-order valence-electron chi connectivity index (χ1n) is 6.87. The van der Waals surface area contributed by atoms with Crippen LogP contribution in [0.4, 0.5) is 0 Å². The van der Waals surface area contributed by atoms with Crippen LogP contribution in [0.3, 0.4) is 0 Å². The van der Waals surface area contributed by atoms with Crippen LogP contribution in [0.5, 0.6) is 0 Å². The molecule has 1 amide bonds. The van der Waals surface area contributed by atoms with E-state index in [-0.39, 0.29) is 18.4 Å². The van der Waals surface area contributed by atoms with Crippen LogP contribution in [0, 0.1) is 5.92 Å². The molecular weight excluding hydrogens is 313 g/mol. The molecular formula is C15H17Cl2NO3. The van der Waals surface area contributed by atoms with E-state index in [0.717, 1.165) is 0 Å². The van der Waals surface area contributed by atoms with Gasteiger partial charge in [0.05, 0.1) is 12.3 Å². The summed E-state index contributed by atoms with van der Waals surface area (Å²) in [6.07, 6.45) is 1.39. The van der Waals surface area contributed by atoms with Crippen LogP contribution >= 0.6 is 23.2 Å². The number of carboxylic acids is 1. The second kappa shape index (κ2) is 6.67. The molecule has 0 saturated carbocycles. The van der Waals surface area contributed by atoms with Crippen molar-refractivity contribution in [1.82, 2.24) is 4.90 Å². The van der Waals surface area contributed by atoms with E-state index in [1.165, 1.54) is 0 Å². The molecule has 21 heavy (non-hydrogen) atoms. The molecule has 0 unspecified atom stereocenters. The summed E-state index contributed by atoms with van der Waals surface area (Å²) in [5, 5.41) is 10.1. The molecule has 6 heteroatoms. The van der Waals surface area contributed by atoms with Gasteiger partial charge in [0.15, 0.2) is 0 Å². The van der Waals surface area contributed by atoms with Crippen molar-refractivity contribution >= 4 is 35.1 Å². The van der Waals surface area contributed by atoms with Gasteiger partial charge in [-0.1, -0.05) is 29.3 Å². The number of carbonyl (C=O) groups excluding carboxylic acids is 1. The molecule has 0 aliphatic carbocycles. The van der Waals surface area contributed by atoms with E-state index in [2.05, 4.69) is 0 Å². The second-order valence-electron chi connectivity index (χ2n) is 5.29. The summed E-state index contributed by atoms with van der Waals surface area (Å²) in [6, 6.07) is 4.79. The molecule has 1 aliphatic rings. The fourth-order valence-corrected chi connectivity index (χ4v) is 3.31. The number of amides is 1. The molecule has 2 atom stereocenters. The Morgan fingerprint density at radius 2 is 1.95 bits per heavy atom. The predicted octanol–water partition coefficient (Wildman–Crippen LogP) is 3.25. The number of halogens is 2. The van der Waals surface area contributed by atoms with E-state index in [0.29, 0.717) is 35.0 Å². The third kappa shape index (κ3) is 3.50. The molecule has 1 saturated heterocycles. The van der Waals surface area contributed by atoms with Crippen molar-refractivity contribution in [2.45, 2.75) is 32.2 Å². The van der Waals surface area contributed by atoms with Gasteiger partial charge in [-0.25, -0.2) is 0 Å². The fourth-order valence-electron chi connectivity index (χ4n) is 2.78. The highest BCUT2D eigenvalue weighted by atomic mass is 35.5. The van der Waals surface area contributed by atoms with E-state index >= 15 is 0 Å². The van der Waals surface area contributed by atoms with Crippen molar-refractivity contribution in [3.63, 3.8) is 0 Å². The quantitative estimate of drug-likeness (QED) is 0.926. The average molecular weight is 330 g/mol. The van der Waals surface area contributed by atoms with Crippen LogP contribution in [0.15, 0.2) is 18.2 Å². The molecule has 1 aromatic rings. The minimum atomic E-state index is -0.851. The van der Waals surface area contributed by atoms with Gasteiger partial charge in [0.1, 0.15) is 0 Å². The maximum absolute atomic E-state index is 12.5. The SMILES string of the molecule is C[C@@H]1[C@H](C(=O)O)CCCN1C(=O)Cc1c(Cl)cccc1Cl. The van der Waals surface area contributed by atoms with Gasteiger partial charge in [-0.05, 0) is 37.5 Å². The van der Waals surface area contributed by atoms with E-state index < -0.39 is 11.9 Å². The predicted molar refractivity (Wildman–Crippen MR) is 81.7 cm³/mol. The first-order valence-corrected chi connectivity index (χ1v) is 7.62. The number of carboxylic acid groups (broad SMARTS) is 1. The lowest BCUT2D eigenvalue weighted by Crippen LogP contribution is -2.49. The van der Waals surface area contributed by atoms with E-state index in [1.807, 2.05) is 0 Å². The van der Waals surface area contributed by atoms with Crippen molar-refractivity contribution in [3.05, 3.63) is 33.8 Å². The lowest BCUT2D eigenvalue weighted by molar-refractivity contribution is -0.148. The monoisotopic (exact) mass is 329 g/mol. The third-order valence-electron chi connectivity index (χ3n) is 4.02. The highest BCUT2D eigenvalue weighted by Gasteiger charge is 2.35. The molecule has 1 heterocycles. The van der Waals surface area contributed by atoms with Gasteiger partial charge in [-0.2, -0.15) is 0 Å². The largest absolute Gasteiger partial charge is 0.481 e. The maximum Gasteiger partial charge on any atom is 0.308 e. The van der Waals surface area contributed by atoms with Crippen LogP contribution in [0.25, 0.3) is 0 Å². The molecule has 0 bridgehead atoms. The zero-order valence-electron chi connectivity index (χ0n) is 11.7. The van der Waals surface area contributed by atoms with E-state index in [4.69, 9.17) is 23.2 Å². The molecule has 1 fully saturated rings. The van der Waals surface area contributed by atoms with Crippen LogP contribution < -0.4 is 0 Å². The van der Waals surface area contributed by atoms with Crippen LogP contribution in [0.1, 0.15) is 25.3 Å². The number of likely N-dealkylation sites (tertiary alicyclic amines) is 1. The first kappa shape index (κ1) is 16.1. The van der Waals surface area contributed by atoms with Gasteiger partial charge in [-0.3, -0.25) is 9.59 Å². The molecule has 2 rings (SSSR count). The lowest BCUT2D eigenvalue weighted by atomic mass is 9.90. The number of rotatable bonds is 3. The minimum absolute atomic E-state index is 0.0924. The number of hydrogen-bond donors (Lipinski definition) is 1. The summed E-state index contributed by atoms with van der Waals surface area (Å²) in [7, 11) is 0. The number of carbonyl (C=O) groups is 2. The van der Waals surface area contributed by atoms with Crippen LogP contribution in [0.2, 0.25) is 10.0 Å². The topological polar surface area (TPSA) is 57.6 Å². The molecule has 1 aliphatic heterocycles. The molecule has 0 radical (unpaired) electrons. The Hall–Kier alpha value is -1.26. The Bertz CT molecular complexity index is 542. The summed E-state index contributed by atoms with van der Waals surface area (Å²) >= 11 is 12.2. The maximum atomic E-state index is 12.5. The third-order valence-corrected chi connectivity index (χ3v) is 4.72. The number of aliphatic carboxylic acids is 1. The molecule has 0 spiro atoms. The zero-order valence-corrected chi connectivity index (χ0v) is 13.2. The van der Waals surface area contributed by atoms with Gasteiger partial charge >= 0.3 is 5.97 Å². The number of hydrogen-bond acceptors (Lipinski definition) is 2. The zero-order chi connectivity index (χ0) is 15.6. The molecule has 1 N–H and O–H groups in total. The highest BCUT2D eigenvalue weighted by Crippen LogP contribution is 2.28. The van der Waals surface area contributed by atoms with Crippen LogP contribution in [-0.2, 0) is 16.0 Å². The summed E-state index contributed by atoms with van der Waals surface area (Å²) in [4.78, 5) is 25.3. The Balaban J connectivity index is 2.14. The van der Waals surface area contributed by atoms with Crippen molar-refractivity contribution in [3.8, 4) is 0 Å². The van der Waals surface area contributed by atoms with E-state index in [9.17, 15) is 14.7 Å². The Labute approximate surface area is 133 Å². The van der Waals surface area contributed by atoms with Crippen molar-refractivity contribution in [2.75, 3.05) is 6.54 Å². The van der Waals surface area contributed by atoms with Gasteiger partial charge in [0, 0.05) is 22.6 Å². The van der Waals surface area contributed by atoms with Crippen LogP contribution in [-0.4, -0.2) is 34.5 Å². The molecule has 1 aromatic carbocycles. The lowest BCUT2D eigenvalue weighted by Gasteiger charge is -2.37. The summed E-state index contributed by atoms with van der Waals surface area (Å²) < 4.78 is 0. The van der Waals surface area contributed by atoms with Crippen molar-refractivity contribution in [1.29, 1.82) is 0 Å². The Kier molecular flexibility index (Phi) is 5.12. The van der Waals surface area contributed by atoms with E-state index in [1.54, 1.807) is 30.0 Å².